The molecule has 1 heterocycles. The summed E-state index contributed by atoms with van der Waals surface area (Å²) in [6.07, 6.45) is 1.27. The largest absolute Gasteiger partial charge is 0.480 e. The Balaban J connectivity index is 2.54. The van der Waals surface area contributed by atoms with E-state index in [0.717, 1.165) is 6.42 Å². The van der Waals surface area contributed by atoms with Gasteiger partial charge in [-0.05, 0) is 18.8 Å². The van der Waals surface area contributed by atoms with Crippen LogP contribution in [0, 0.1) is 5.92 Å². The molecule has 104 valence electrons. The Labute approximate surface area is 107 Å². The van der Waals surface area contributed by atoms with Gasteiger partial charge in [0.25, 0.3) is 0 Å². The SMILES string of the molecule is CC[C@H](NC(=O)N1CCC(C)C(OC)C1)C(=O)O. The number of carbonyl (C=O) groups excluding carboxylic acids is 1. The molecule has 2 amide bonds. The summed E-state index contributed by atoms with van der Waals surface area (Å²) in [5.41, 5.74) is 0. The maximum atomic E-state index is 11.9. The number of amides is 2. The van der Waals surface area contributed by atoms with Crippen molar-refractivity contribution in [1.82, 2.24) is 10.2 Å². The van der Waals surface area contributed by atoms with E-state index in [1.165, 1.54) is 0 Å². The topological polar surface area (TPSA) is 78.9 Å². The molecule has 3 atom stereocenters. The minimum atomic E-state index is -1.00. The van der Waals surface area contributed by atoms with E-state index < -0.39 is 12.0 Å². The van der Waals surface area contributed by atoms with Gasteiger partial charge in [0.2, 0.25) is 0 Å². The molecule has 1 aliphatic heterocycles. The summed E-state index contributed by atoms with van der Waals surface area (Å²) < 4.78 is 5.32. The van der Waals surface area contributed by atoms with E-state index in [0.29, 0.717) is 25.4 Å². The molecule has 1 fully saturated rings. The zero-order chi connectivity index (χ0) is 13.7. The number of nitrogens with one attached hydrogen (secondary N) is 1. The van der Waals surface area contributed by atoms with E-state index in [1.54, 1.807) is 18.9 Å². The average molecular weight is 258 g/mol. The summed E-state index contributed by atoms with van der Waals surface area (Å²) in [5, 5.41) is 11.4. The minimum Gasteiger partial charge on any atom is -0.480 e. The van der Waals surface area contributed by atoms with Gasteiger partial charge in [0.15, 0.2) is 0 Å². The molecule has 0 aliphatic carbocycles. The second-order valence-corrected chi connectivity index (χ2v) is 4.73. The highest BCUT2D eigenvalue weighted by Crippen LogP contribution is 2.19. The van der Waals surface area contributed by atoms with Gasteiger partial charge in [-0.15, -0.1) is 0 Å². The summed E-state index contributed by atoms with van der Waals surface area (Å²) in [5.74, 6) is -0.583. The molecule has 6 heteroatoms. The van der Waals surface area contributed by atoms with Crippen molar-refractivity contribution in [2.24, 2.45) is 5.92 Å². The lowest BCUT2D eigenvalue weighted by atomic mass is 9.96. The summed E-state index contributed by atoms with van der Waals surface area (Å²) in [6.45, 7) is 4.98. The predicted molar refractivity (Wildman–Crippen MR) is 66.4 cm³/mol. The van der Waals surface area contributed by atoms with E-state index in [2.05, 4.69) is 12.2 Å². The molecule has 18 heavy (non-hydrogen) atoms. The van der Waals surface area contributed by atoms with E-state index in [9.17, 15) is 9.59 Å². The van der Waals surface area contributed by atoms with Crippen molar-refractivity contribution in [3.8, 4) is 0 Å². The molecule has 1 rings (SSSR count). The first-order chi connectivity index (χ1) is 8.49. The molecule has 0 bridgehead atoms. The Kier molecular flexibility index (Phi) is 5.40. The molecule has 2 N–H and O–H groups in total. The molecule has 6 nitrogen and oxygen atoms in total. The lowest BCUT2D eigenvalue weighted by Gasteiger charge is -2.36. The van der Waals surface area contributed by atoms with Crippen LogP contribution in [-0.2, 0) is 9.53 Å². The zero-order valence-corrected chi connectivity index (χ0v) is 11.2. The van der Waals surface area contributed by atoms with Crippen LogP contribution < -0.4 is 5.32 Å². The number of ether oxygens (including phenoxy) is 1. The van der Waals surface area contributed by atoms with E-state index in [4.69, 9.17) is 9.84 Å². The van der Waals surface area contributed by atoms with Gasteiger partial charge < -0.3 is 20.1 Å². The van der Waals surface area contributed by atoms with Gasteiger partial charge in [0, 0.05) is 20.2 Å². The van der Waals surface area contributed by atoms with Crippen molar-refractivity contribution in [2.45, 2.75) is 38.8 Å². The highest BCUT2D eigenvalue weighted by Gasteiger charge is 2.30. The van der Waals surface area contributed by atoms with Crippen molar-refractivity contribution < 1.29 is 19.4 Å². The molecular formula is C12H22N2O4. The summed E-state index contributed by atoms with van der Waals surface area (Å²) in [4.78, 5) is 24.4. The van der Waals surface area contributed by atoms with Crippen LogP contribution in [0.15, 0.2) is 0 Å². The molecule has 0 aromatic carbocycles. The number of carboxylic acid groups (broad SMARTS) is 1. The molecule has 2 unspecified atom stereocenters. The highest BCUT2D eigenvalue weighted by atomic mass is 16.5. The predicted octanol–water partition coefficient (Wildman–Crippen LogP) is 0.916. The lowest BCUT2D eigenvalue weighted by molar-refractivity contribution is -0.139. The van der Waals surface area contributed by atoms with Crippen LogP contribution in [-0.4, -0.2) is 54.4 Å². The van der Waals surface area contributed by atoms with Crippen LogP contribution >= 0.6 is 0 Å². The first-order valence-electron chi connectivity index (χ1n) is 6.30. The Morgan fingerprint density at radius 3 is 2.72 bits per heavy atom. The van der Waals surface area contributed by atoms with Crippen LogP contribution in [0.1, 0.15) is 26.7 Å². The van der Waals surface area contributed by atoms with Gasteiger partial charge in [-0.25, -0.2) is 9.59 Å². The molecule has 0 radical (unpaired) electrons. The molecular weight excluding hydrogens is 236 g/mol. The second kappa shape index (κ2) is 6.58. The number of aliphatic carboxylic acids is 1. The molecule has 1 saturated heterocycles. The second-order valence-electron chi connectivity index (χ2n) is 4.73. The van der Waals surface area contributed by atoms with Crippen LogP contribution in [0.4, 0.5) is 4.79 Å². The molecule has 0 saturated carbocycles. The Bertz CT molecular complexity index is 308. The van der Waals surface area contributed by atoms with Crippen LogP contribution in [0.25, 0.3) is 0 Å². The first-order valence-corrected chi connectivity index (χ1v) is 6.30. The standard InChI is InChI=1S/C12H22N2O4/c1-4-9(11(15)16)13-12(17)14-6-5-8(2)10(7-14)18-3/h8-10H,4-7H2,1-3H3,(H,13,17)(H,15,16)/t8?,9-,10?/m0/s1. The number of nitrogens with zero attached hydrogens (tertiary/aromatic N) is 1. The number of methoxy groups -OCH3 is 1. The monoisotopic (exact) mass is 258 g/mol. The van der Waals surface area contributed by atoms with Gasteiger partial charge in [0.05, 0.1) is 6.10 Å². The fraction of sp³-hybridized carbons (Fsp3) is 0.833. The molecule has 0 spiro atoms. The van der Waals surface area contributed by atoms with Crippen LogP contribution in [0.2, 0.25) is 0 Å². The lowest BCUT2D eigenvalue weighted by Crippen LogP contribution is -2.53. The fourth-order valence-electron chi connectivity index (χ4n) is 2.10. The fourth-order valence-corrected chi connectivity index (χ4v) is 2.10. The minimum absolute atomic E-state index is 0.0226. The van der Waals surface area contributed by atoms with Crippen molar-refractivity contribution >= 4 is 12.0 Å². The third-order valence-electron chi connectivity index (χ3n) is 3.48. The molecule has 1 aliphatic rings. The molecule has 0 aromatic heterocycles. The van der Waals surface area contributed by atoms with Crippen LogP contribution in [0.3, 0.4) is 0 Å². The normalized spacial score (nSPS) is 25.6. The number of hydrogen-bond acceptors (Lipinski definition) is 3. The Morgan fingerprint density at radius 1 is 1.56 bits per heavy atom. The van der Waals surface area contributed by atoms with E-state index in [1.807, 2.05) is 0 Å². The smallest absolute Gasteiger partial charge is 0.326 e. The first kappa shape index (κ1) is 14.8. The van der Waals surface area contributed by atoms with E-state index >= 15 is 0 Å². The van der Waals surface area contributed by atoms with Gasteiger partial charge >= 0.3 is 12.0 Å². The number of urea groups is 1. The van der Waals surface area contributed by atoms with Gasteiger partial charge in [-0.2, -0.15) is 0 Å². The van der Waals surface area contributed by atoms with Gasteiger partial charge in [0.1, 0.15) is 6.04 Å². The van der Waals surface area contributed by atoms with Crippen molar-refractivity contribution in [1.29, 1.82) is 0 Å². The third kappa shape index (κ3) is 3.60. The number of likely N-dealkylation sites (tertiary alicyclic amines) is 1. The van der Waals surface area contributed by atoms with Gasteiger partial charge in [-0.3, -0.25) is 0 Å². The quantitative estimate of drug-likeness (QED) is 0.785. The number of carboxylic acids is 1. The highest BCUT2D eigenvalue weighted by molar-refractivity contribution is 5.82. The number of carbonyl (C=O) groups is 2. The van der Waals surface area contributed by atoms with Crippen LogP contribution in [0.5, 0.6) is 0 Å². The average Bonchev–Trinajstić information content (AvgIpc) is 2.35. The van der Waals surface area contributed by atoms with Crippen molar-refractivity contribution in [3.05, 3.63) is 0 Å². The number of hydrogen-bond donors (Lipinski definition) is 2. The van der Waals surface area contributed by atoms with Crippen molar-refractivity contribution in [2.75, 3.05) is 20.2 Å². The van der Waals surface area contributed by atoms with Crippen molar-refractivity contribution in [3.63, 3.8) is 0 Å². The summed E-state index contributed by atoms with van der Waals surface area (Å²) in [6, 6.07) is -1.14. The molecule has 0 aromatic rings. The van der Waals surface area contributed by atoms with E-state index in [-0.39, 0.29) is 12.1 Å². The summed E-state index contributed by atoms with van der Waals surface area (Å²) >= 11 is 0. The maximum absolute atomic E-state index is 11.9. The summed E-state index contributed by atoms with van der Waals surface area (Å²) in [7, 11) is 1.63. The number of rotatable bonds is 4. The maximum Gasteiger partial charge on any atom is 0.326 e. The third-order valence-corrected chi connectivity index (χ3v) is 3.48. The zero-order valence-electron chi connectivity index (χ0n) is 11.2. The number of piperidine rings is 1. The van der Waals surface area contributed by atoms with Gasteiger partial charge in [-0.1, -0.05) is 13.8 Å². The Morgan fingerprint density at radius 2 is 2.22 bits per heavy atom. The Hall–Kier alpha value is -1.30.